The first-order valence-electron chi connectivity index (χ1n) is 15.6. The van der Waals surface area contributed by atoms with Crippen molar-refractivity contribution in [2.45, 2.75) is 0 Å². The van der Waals surface area contributed by atoms with Gasteiger partial charge in [0.25, 0.3) is 0 Å². The first-order valence-corrected chi connectivity index (χ1v) is 15.6. The van der Waals surface area contributed by atoms with Crippen LogP contribution in [0.4, 0.5) is 17.1 Å². The van der Waals surface area contributed by atoms with Gasteiger partial charge in [-0.1, -0.05) is 140 Å². The molecule has 0 aliphatic heterocycles. The number of hydrogen-bond donors (Lipinski definition) is 0. The van der Waals surface area contributed by atoms with E-state index in [1.807, 2.05) is 12.1 Å². The number of hydrogen-bond acceptors (Lipinski definition) is 2. The molecule has 0 amide bonds. The summed E-state index contributed by atoms with van der Waals surface area (Å²) in [6.45, 7) is 0. The molecule has 0 saturated carbocycles. The van der Waals surface area contributed by atoms with Crippen molar-refractivity contribution >= 4 is 50.1 Å². The topological polar surface area (TPSA) is 16.4 Å². The van der Waals surface area contributed by atoms with Crippen molar-refractivity contribution in [2.24, 2.45) is 0 Å². The molecular formula is C44H31NO. The zero-order chi connectivity index (χ0) is 30.7. The maximum absolute atomic E-state index is 6.18. The number of furan rings is 1. The lowest BCUT2D eigenvalue weighted by molar-refractivity contribution is 0.669. The van der Waals surface area contributed by atoms with Gasteiger partial charge >= 0.3 is 0 Å². The summed E-state index contributed by atoms with van der Waals surface area (Å²) in [7, 11) is 0. The second-order valence-corrected chi connectivity index (χ2v) is 11.3. The highest BCUT2D eigenvalue weighted by molar-refractivity contribution is 6.07. The van der Waals surface area contributed by atoms with Crippen molar-refractivity contribution in [3.05, 3.63) is 210 Å². The van der Waals surface area contributed by atoms with E-state index >= 15 is 0 Å². The standard InChI is InChI=1S/C44H31NO/c1-5-16-32(17-6-1)43(33-18-7-2-8-19-33)44(34-20-9-3-10-21-34)35-22-15-25-37(30-35)45(36-23-11-4-12-24-36)38-28-29-42-40(31-38)39-26-13-14-27-41(39)46-42/h1-31H. The van der Waals surface area contributed by atoms with E-state index < -0.39 is 0 Å². The second kappa shape index (κ2) is 12.1. The minimum Gasteiger partial charge on any atom is -0.456 e. The molecule has 0 saturated heterocycles. The van der Waals surface area contributed by atoms with Gasteiger partial charge in [-0.25, -0.2) is 0 Å². The number of nitrogens with zero attached hydrogens (tertiary/aromatic N) is 1. The Labute approximate surface area is 269 Å². The molecule has 0 aliphatic carbocycles. The molecule has 0 unspecified atom stereocenters. The summed E-state index contributed by atoms with van der Waals surface area (Å²) < 4.78 is 6.18. The Morgan fingerprint density at radius 1 is 0.326 bits per heavy atom. The van der Waals surface area contributed by atoms with Gasteiger partial charge in [0.1, 0.15) is 11.2 Å². The third-order valence-electron chi connectivity index (χ3n) is 8.46. The molecule has 0 atom stereocenters. The Morgan fingerprint density at radius 3 is 1.41 bits per heavy atom. The van der Waals surface area contributed by atoms with Crippen LogP contribution in [0.2, 0.25) is 0 Å². The highest BCUT2D eigenvalue weighted by atomic mass is 16.3. The lowest BCUT2D eigenvalue weighted by Gasteiger charge is -2.26. The molecular weight excluding hydrogens is 558 g/mol. The minimum atomic E-state index is 0.886. The molecule has 2 heteroatoms. The van der Waals surface area contributed by atoms with Gasteiger partial charge in [0.15, 0.2) is 0 Å². The van der Waals surface area contributed by atoms with Gasteiger partial charge in [-0.3, -0.25) is 0 Å². The highest BCUT2D eigenvalue weighted by Gasteiger charge is 2.19. The average Bonchev–Trinajstić information content (AvgIpc) is 3.50. The number of benzene rings is 7. The predicted molar refractivity (Wildman–Crippen MR) is 193 cm³/mol. The van der Waals surface area contributed by atoms with Gasteiger partial charge in [0.05, 0.1) is 0 Å². The van der Waals surface area contributed by atoms with Gasteiger partial charge in [0, 0.05) is 27.8 Å². The Balaban J connectivity index is 1.37. The fraction of sp³-hybridized carbons (Fsp3) is 0. The number of anilines is 3. The largest absolute Gasteiger partial charge is 0.456 e. The molecule has 1 heterocycles. The van der Waals surface area contributed by atoms with Gasteiger partial charge in [-0.15, -0.1) is 0 Å². The van der Waals surface area contributed by atoms with Crippen molar-refractivity contribution in [3.8, 4) is 0 Å². The zero-order valence-electron chi connectivity index (χ0n) is 25.3. The molecule has 2 nitrogen and oxygen atoms in total. The van der Waals surface area contributed by atoms with Crippen LogP contribution in [0.3, 0.4) is 0 Å². The fourth-order valence-corrected chi connectivity index (χ4v) is 6.40. The normalized spacial score (nSPS) is 11.0. The summed E-state index contributed by atoms with van der Waals surface area (Å²) in [4.78, 5) is 2.33. The molecule has 1 aromatic heterocycles. The summed E-state index contributed by atoms with van der Waals surface area (Å²) in [5.41, 5.74) is 12.1. The van der Waals surface area contributed by atoms with E-state index in [1.54, 1.807) is 0 Å². The van der Waals surface area contributed by atoms with Gasteiger partial charge in [-0.05, 0) is 81.9 Å². The first-order chi connectivity index (χ1) is 22.8. The Morgan fingerprint density at radius 2 is 0.783 bits per heavy atom. The first kappa shape index (κ1) is 27.4. The smallest absolute Gasteiger partial charge is 0.135 e. The maximum atomic E-state index is 6.18. The van der Waals surface area contributed by atoms with Crippen LogP contribution in [0.15, 0.2) is 192 Å². The predicted octanol–water partition coefficient (Wildman–Crippen LogP) is 12.1. The summed E-state index contributed by atoms with van der Waals surface area (Å²) in [6, 6.07) is 66.4. The van der Waals surface area contributed by atoms with E-state index in [1.165, 1.54) is 27.8 Å². The van der Waals surface area contributed by atoms with Gasteiger partial charge in [0.2, 0.25) is 0 Å². The Hall–Kier alpha value is -6.12. The lowest BCUT2D eigenvalue weighted by Crippen LogP contribution is -2.10. The molecule has 7 aromatic carbocycles. The van der Waals surface area contributed by atoms with Crippen molar-refractivity contribution in [1.29, 1.82) is 0 Å². The second-order valence-electron chi connectivity index (χ2n) is 11.3. The Bertz CT molecular complexity index is 2240. The molecule has 46 heavy (non-hydrogen) atoms. The molecule has 8 aromatic rings. The molecule has 0 aliphatic rings. The third-order valence-corrected chi connectivity index (χ3v) is 8.46. The quantitative estimate of drug-likeness (QED) is 0.172. The molecule has 0 fully saturated rings. The van der Waals surface area contributed by atoms with Crippen molar-refractivity contribution in [2.75, 3.05) is 4.90 Å². The van der Waals surface area contributed by atoms with Crippen molar-refractivity contribution in [3.63, 3.8) is 0 Å². The van der Waals surface area contributed by atoms with Crippen LogP contribution in [0.1, 0.15) is 22.3 Å². The van der Waals surface area contributed by atoms with Crippen LogP contribution in [-0.4, -0.2) is 0 Å². The SMILES string of the molecule is c1ccc(C(=C(c2ccccc2)c2cccc(N(c3ccccc3)c3ccc4oc5ccccc5c4c3)c2)c2ccccc2)cc1. The van der Waals surface area contributed by atoms with Crippen LogP contribution >= 0.6 is 0 Å². The number of fused-ring (bicyclic) bond motifs is 3. The molecule has 218 valence electrons. The minimum absolute atomic E-state index is 0.886. The summed E-state index contributed by atoms with van der Waals surface area (Å²) in [6.07, 6.45) is 0. The third kappa shape index (κ3) is 5.16. The van der Waals surface area contributed by atoms with Crippen molar-refractivity contribution in [1.82, 2.24) is 0 Å². The average molecular weight is 590 g/mol. The molecule has 0 radical (unpaired) electrons. The van der Waals surface area contributed by atoms with E-state index in [9.17, 15) is 0 Å². The van der Waals surface area contributed by atoms with Crippen LogP contribution in [-0.2, 0) is 0 Å². The summed E-state index contributed by atoms with van der Waals surface area (Å²) in [5, 5.41) is 2.22. The van der Waals surface area contributed by atoms with Crippen molar-refractivity contribution < 1.29 is 4.42 Å². The van der Waals surface area contributed by atoms with E-state index in [4.69, 9.17) is 4.42 Å². The highest BCUT2D eigenvalue weighted by Crippen LogP contribution is 2.42. The molecule has 0 spiro atoms. The molecule has 8 rings (SSSR count). The summed E-state index contributed by atoms with van der Waals surface area (Å²) >= 11 is 0. The van der Waals surface area contributed by atoms with E-state index in [0.717, 1.165) is 44.6 Å². The number of para-hydroxylation sites is 2. The summed E-state index contributed by atoms with van der Waals surface area (Å²) in [5.74, 6) is 0. The van der Waals surface area contributed by atoms with Crippen LogP contribution < -0.4 is 4.90 Å². The van der Waals surface area contributed by atoms with E-state index in [2.05, 4.69) is 181 Å². The monoisotopic (exact) mass is 589 g/mol. The van der Waals surface area contributed by atoms with Gasteiger partial charge in [-0.2, -0.15) is 0 Å². The molecule has 0 N–H and O–H groups in total. The van der Waals surface area contributed by atoms with Gasteiger partial charge < -0.3 is 9.32 Å². The number of rotatable bonds is 7. The molecule has 0 bridgehead atoms. The van der Waals surface area contributed by atoms with Crippen LogP contribution in [0.25, 0.3) is 33.1 Å². The Kier molecular flexibility index (Phi) is 7.22. The fourth-order valence-electron chi connectivity index (χ4n) is 6.40. The van der Waals surface area contributed by atoms with Crippen LogP contribution in [0, 0.1) is 0 Å². The lowest BCUT2D eigenvalue weighted by atomic mass is 9.85. The maximum Gasteiger partial charge on any atom is 0.135 e. The van der Waals surface area contributed by atoms with E-state index in [0.29, 0.717) is 0 Å². The van der Waals surface area contributed by atoms with E-state index in [-0.39, 0.29) is 0 Å². The zero-order valence-corrected chi connectivity index (χ0v) is 25.3. The van der Waals surface area contributed by atoms with Crippen LogP contribution in [0.5, 0.6) is 0 Å².